The number of carbonyl (C=O) groups excluding carboxylic acids is 1. The molecule has 1 amide bonds. The highest BCUT2D eigenvalue weighted by molar-refractivity contribution is 5.78. The van der Waals surface area contributed by atoms with Gasteiger partial charge in [0.05, 0.1) is 0 Å². The maximum atomic E-state index is 12.2. The molecule has 3 unspecified atom stereocenters. The highest BCUT2D eigenvalue weighted by Gasteiger charge is 2.31. The van der Waals surface area contributed by atoms with Crippen molar-refractivity contribution in [3.05, 3.63) is 0 Å². The maximum absolute atomic E-state index is 12.2. The molecule has 2 N–H and O–H groups in total. The molecule has 3 heteroatoms. The molecule has 0 saturated heterocycles. The Labute approximate surface area is 99.4 Å². The first-order valence-corrected chi connectivity index (χ1v) is 6.42. The zero-order valence-electron chi connectivity index (χ0n) is 11.1. The van der Waals surface area contributed by atoms with Crippen molar-refractivity contribution >= 4 is 5.91 Å². The van der Waals surface area contributed by atoms with Crippen LogP contribution in [-0.2, 0) is 4.79 Å². The minimum absolute atomic E-state index is 0.207. The number of nitrogens with two attached hydrogens (primary N) is 1. The average Bonchev–Trinajstić information content (AvgIpc) is 2.20. The lowest BCUT2D eigenvalue weighted by molar-refractivity contribution is -0.136. The number of rotatable bonds is 3. The van der Waals surface area contributed by atoms with E-state index < -0.39 is 0 Å². The Kier molecular flexibility index (Phi) is 4.78. The molecule has 0 radical (unpaired) electrons. The Morgan fingerprint density at radius 2 is 2.06 bits per heavy atom. The topological polar surface area (TPSA) is 46.3 Å². The van der Waals surface area contributed by atoms with Gasteiger partial charge in [0.15, 0.2) is 0 Å². The molecule has 1 aliphatic carbocycles. The molecular weight excluding hydrogens is 200 g/mol. The van der Waals surface area contributed by atoms with E-state index in [0.29, 0.717) is 23.8 Å². The molecule has 0 heterocycles. The largest absolute Gasteiger partial charge is 0.345 e. The Hall–Kier alpha value is -0.570. The van der Waals surface area contributed by atoms with Crippen molar-refractivity contribution < 1.29 is 4.79 Å². The van der Waals surface area contributed by atoms with Gasteiger partial charge in [0.25, 0.3) is 0 Å². The van der Waals surface area contributed by atoms with E-state index >= 15 is 0 Å². The van der Waals surface area contributed by atoms with Crippen molar-refractivity contribution in [2.45, 2.75) is 46.1 Å². The lowest BCUT2D eigenvalue weighted by atomic mass is 9.79. The summed E-state index contributed by atoms with van der Waals surface area (Å²) in [7, 11) is 1.92. The fourth-order valence-electron chi connectivity index (χ4n) is 2.59. The van der Waals surface area contributed by atoms with Crippen molar-refractivity contribution in [2.75, 3.05) is 13.6 Å². The fourth-order valence-corrected chi connectivity index (χ4v) is 2.59. The van der Waals surface area contributed by atoms with Crippen LogP contribution >= 0.6 is 0 Å². The molecule has 0 spiro atoms. The summed E-state index contributed by atoms with van der Waals surface area (Å²) < 4.78 is 0. The Morgan fingerprint density at radius 1 is 1.44 bits per heavy atom. The van der Waals surface area contributed by atoms with Crippen LogP contribution in [0.4, 0.5) is 0 Å². The summed E-state index contributed by atoms with van der Waals surface area (Å²) in [5.41, 5.74) is 5.97. The van der Waals surface area contributed by atoms with Crippen LogP contribution in [0.3, 0.4) is 0 Å². The summed E-state index contributed by atoms with van der Waals surface area (Å²) in [6.45, 7) is 7.30. The molecule has 94 valence electrons. The molecule has 1 fully saturated rings. The molecule has 0 bridgehead atoms. The third-order valence-corrected chi connectivity index (χ3v) is 3.60. The fraction of sp³-hybridized carbons (Fsp3) is 0.923. The van der Waals surface area contributed by atoms with Gasteiger partial charge in [-0.05, 0) is 31.1 Å². The summed E-state index contributed by atoms with van der Waals surface area (Å²) in [5, 5.41) is 0. The number of carbonyl (C=O) groups is 1. The SMILES string of the molecule is CC(C)CN(C)C(=O)C1CCC(N)C(C)C1. The first-order chi connectivity index (χ1) is 7.41. The third-order valence-electron chi connectivity index (χ3n) is 3.60. The standard InChI is InChI=1S/C13H26N2O/c1-9(2)8-15(4)13(16)11-5-6-12(14)10(3)7-11/h9-12H,5-8,14H2,1-4H3. The molecule has 1 aliphatic rings. The molecule has 3 nitrogen and oxygen atoms in total. The Bertz CT molecular complexity index is 240. The smallest absolute Gasteiger partial charge is 0.225 e. The van der Waals surface area contributed by atoms with Crippen LogP contribution in [-0.4, -0.2) is 30.4 Å². The molecule has 0 aromatic heterocycles. The van der Waals surface area contributed by atoms with Crippen molar-refractivity contribution in [1.82, 2.24) is 4.90 Å². The van der Waals surface area contributed by atoms with E-state index in [1.807, 2.05) is 11.9 Å². The van der Waals surface area contributed by atoms with Gasteiger partial charge in [-0.2, -0.15) is 0 Å². The third kappa shape index (κ3) is 3.48. The van der Waals surface area contributed by atoms with Crippen LogP contribution < -0.4 is 5.73 Å². The van der Waals surface area contributed by atoms with Crippen molar-refractivity contribution in [3.63, 3.8) is 0 Å². The van der Waals surface area contributed by atoms with Gasteiger partial charge in [-0.25, -0.2) is 0 Å². The molecule has 1 rings (SSSR count). The number of amides is 1. The summed E-state index contributed by atoms with van der Waals surface area (Å²) in [6.07, 6.45) is 2.92. The second kappa shape index (κ2) is 5.67. The number of nitrogens with zero attached hydrogens (tertiary/aromatic N) is 1. The average molecular weight is 226 g/mol. The van der Waals surface area contributed by atoms with Gasteiger partial charge < -0.3 is 10.6 Å². The van der Waals surface area contributed by atoms with Crippen LogP contribution in [0, 0.1) is 17.8 Å². The van der Waals surface area contributed by atoms with E-state index in [0.717, 1.165) is 25.8 Å². The van der Waals surface area contributed by atoms with Gasteiger partial charge in [0, 0.05) is 25.6 Å². The summed E-state index contributed by atoms with van der Waals surface area (Å²) in [4.78, 5) is 14.1. The van der Waals surface area contributed by atoms with Crippen LogP contribution in [0.5, 0.6) is 0 Å². The molecule has 3 atom stereocenters. The molecule has 1 saturated carbocycles. The first-order valence-electron chi connectivity index (χ1n) is 6.42. The van der Waals surface area contributed by atoms with E-state index in [-0.39, 0.29) is 5.92 Å². The van der Waals surface area contributed by atoms with E-state index in [1.54, 1.807) is 0 Å². The van der Waals surface area contributed by atoms with E-state index in [1.165, 1.54) is 0 Å². The summed E-state index contributed by atoms with van der Waals surface area (Å²) >= 11 is 0. The lowest BCUT2D eigenvalue weighted by Gasteiger charge is -2.33. The van der Waals surface area contributed by atoms with E-state index in [2.05, 4.69) is 20.8 Å². The lowest BCUT2D eigenvalue weighted by Crippen LogP contribution is -2.42. The van der Waals surface area contributed by atoms with Gasteiger partial charge in [-0.1, -0.05) is 20.8 Å². The predicted octanol–water partition coefficient (Wildman–Crippen LogP) is 1.86. The van der Waals surface area contributed by atoms with Gasteiger partial charge in [0.1, 0.15) is 0 Å². The van der Waals surface area contributed by atoms with Gasteiger partial charge in [0.2, 0.25) is 5.91 Å². The monoisotopic (exact) mass is 226 g/mol. The van der Waals surface area contributed by atoms with Gasteiger partial charge >= 0.3 is 0 Å². The molecule has 0 aromatic carbocycles. The minimum atomic E-state index is 0.207. The second-order valence-corrected chi connectivity index (χ2v) is 5.76. The highest BCUT2D eigenvalue weighted by atomic mass is 16.2. The second-order valence-electron chi connectivity index (χ2n) is 5.76. The molecule has 16 heavy (non-hydrogen) atoms. The van der Waals surface area contributed by atoms with Gasteiger partial charge in [-0.15, -0.1) is 0 Å². The zero-order chi connectivity index (χ0) is 12.3. The van der Waals surface area contributed by atoms with Crippen LogP contribution in [0.15, 0.2) is 0 Å². The maximum Gasteiger partial charge on any atom is 0.225 e. The molecule has 0 aromatic rings. The quantitative estimate of drug-likeness (QED) is 0.798. The Balaban J connectivity index is 2.48. The number of hydrogen-bond acceptors (Lipinski definition) is 2. The van der Waals surface area contributed by atoms with E-state index in [4.69, 9.17) is 5.73 Å². The Morgan fingerprint density at radius 3 is 2.56 bits per heavy atom. The number of hydrogen-bond donors (Lipinski definition) is 1. The van der Waals surface area contributed by atoms with Gasteiger partial charge in [-0.3, -0.25) is 4.79 Å². The van der Waals surface area contributed by atoms with E-state index in [9.17, 15) is 4.79 Å². The summed E-state index contributed by atoms with van der Waals surface area (Å²) in [6, 6.07) is 0.291. The van der Waals surface area contributed by atoms with Crippen molar-refractivity contribution in [3.8, 4) is 0 Å². The van der Waals surface area contributed by atoms with Crippen LogP contribution in [0.1, 0.15) is 40.0 Å². The normalized spacial score (nSPS) is 30.5. The molecule has 0 aliphatic heterocycles. The minimum Gasteiger partial charge on any atom is -0.345 e. The molecular formula is C13H26N2O. The highest BCUT2D eigenvalue weighted by Crippen LogP contribution is 2.29. The van der Waals surface area contributed by atoms with Crippen LogP contribution in [0.2, 0.25) is 0 Å². The summed E-state index contributed by atoms with van der Waals surface area (Å²) in [5.74, 6) is 1.54. The van der Waals surface area contributed by atoms with Crippen LogP contribution in [0.25, 0.3) is 0 Å². The van der Waals surface area contributed by atoms with Crippen molar-refractivity contribution in [1.29, 1.82) is 0 Å². The van der Waals surface area contributed by atoms with Crippen molar-refractivity contribution in [2.24, 2.45) is 23.5 Å². The zero-order valence-corrected chi connectivity index (χ0v) is 11.1. The predicted molar refractivity (Wildman–Crippen MR) is 67.0 cm³/mol. The first kappa shape index (κ1) is 13.5.